The van der Waals surface area contributed by atoms with E-state index < -0.39 is 16.7 Å². The molecule has 0 aromatic heterocycles. The highest BCUT2D eigenvalue weighted by molar-refractivity contribution is 6.00. The Morgan fingerprint density at radius 3 is 2.67 bits per heavy atom. The Bertz CT molecular complexity index is 1370. The Labute approximate surface area is 206 Å². The summed E-state index contributed by atoms with van der Waals surface area (Å²) < 4.78 is 30.5. The summed E-state index contributed by atoms with van der Waals surface area (Å²) >= 11 is 0. The number of hydrogen-bond acceptors (Lipinski definition) is 8. The normalized spacial score (nSPS) is 18.8. The van der Waals surface area contributed by atoms with Crippen molar-refractivity contribution in [2.45, 2.75) is 39.2 Å². The van der Waals surface area contributed by atoms with Crippen molar-refractivity contribution in [1.82, 2.24) is 0 Å². The van der Waals surface area contributed by atoms with Gasteiger partial charge in [0.15, 0.2) is 11.5 Å². The third-order valence-corrected chi connectivity index (χ3v) is 6.21. The minimum absolute atomic E-state index is 0.0595. The number of nitro benzene ring substituents is 1. The Morgan fingerprint density at radius 2 is 2.00 bits per heavy atom. The van der Waals surface area contributed by atoms with Crippen LogP contribution in [0.4, 0.5) is 10.1 Å². The summed E-state index contributed by atoms with van der Waals surface area (Å²) in [5, 5.41) is 21.2. The van der Waals surface area contributed by atoms with Crippen LogP contribution in [0, 0.1) is 32.7 Å². The number of carbonyl (C=O) groups is 1. The van der Waals surface area contributed by atoms with Gasteiger partial charge in [-0.05, 0) is 29.2 Å². The lowest BCUT2D eigenvalue weighted by Crippen LogP contribution is -2.33. The number of benzene rings is 2. The zero-order chi connectivity index (χ0) is 26.2. The molecule has 1 heterocycles. The summed E-state index contributed by atoms with van der Waals surface area (Å²) in [6.45, 7) is 3.72. The molecule has 0 radical (unpaired) electrons. The van der Waals surface area contributed by atoms with E-state index >= 15 is 0 Å². The number of rotatable bonds is 6. The number of allylic oxidation sites excluding steroid dienone is 3. The lowest BCUT2D eigenvalue weighted by atomic mass is 9.70. The van der Waals surface area contributed by atoms with Crippen molar-refractivity contribution >= 4 is 11.5 Å². The molecule has 0 spiro atoms. The van der Waals surface area contributed by atoms with Gasteiger partial charge >= 0.3 is 5.69 Å². The predicted octanol–water partition coefficient (Wildman–Crippen LogP) is 4.77. The van der Waals surface area contributed by atoms with Crippen LogP contribution in [0.2, 0.25) is 0 Å². The van der Waals surface area contributed by atoms with Gasteiger partial charge in [0.2, 0.25) is 5.88 Å². The number of Topliss-reactive ketones (excluding diaryl/α,β-unsaturated/α-hetero) is 1. The van der Waals surface area contributed by atoms with Crippen molar-refractivity contribution in [2.75, 3.05) is 7.11 Å². The largest absolute Gasteiger partial charge is 0.496 e. The molecule has 36 heavy (non-hydrogen) atoms. The topological polar surface area (TPSA) is 138 Å². The summed E-state index contributed by atoms with van der Waals surface area (Å²) in [6, 6.07) is 10.1. The molecule has 10 heteroatoms. The van der Waals surface area contributed by atoms with Crippen LogP contribution >= 0.6 is 0 Å². The predicted molar refractivity (Wildman–Crippen MR) is 126 cm³/mol. The van der Waals surface area contributed by atoms with Crippen LogP contribution in [0.15, 0.2) is 59.2 Å². The fraction of sp³-hybridized carbons (Fsp3) is 0.308. The van der Waals surface area contributed by atoms with Gasteiger partial charge in [-0.3, -0.25) is 14.9 Å². The number of nitriles is 1. The maximum absolute atomic E-state index is 13.7. The quantitative estimate of drug-likeness (QED) is 0.449. The number of carbonyl (C=O) groups excluding carboxylic acids is 1. The minimum atomic E-state index is -0.754. The van der Waals surface area contributed by atoms with E-state index in [2.05, 4.69) is 6.07 Å². The van der Waals surface area contributed by atoms with Crippen LogP contribution in [-0.2, 0) is 16.1 Å². The SMILES string of the molecule is COc1ccc([C@H]2C(C#N)=C(N)OC3=C2C(=O)CC(C)(C)C3)cc1COc1cc(F)ccc1[N+](=O)[O-]. The van der Waals surface area contributed by atoms with Gasteiger partial charge in [0.05, 0.1) is 18.0 Å². The van der Waals surface area contributed by atoms with Crippen LogP contribution < -0.4 is 15.2 Å². The number of nitrogens with two attached hydrogens (primary N) is 1. The first kappa shape index (κ1) is 24.7. The fourth-order valence-electron chi connectivity index (χ4n) is 4.62. The maximum atomic E-state index is 13.7. The van der Waals surface area contributed by atoms with Gasteiger partial charge in [-0.25, -0.2) is 4.39 Å². The zero-order valence-corrected chi connectivity index (χ0v) is 20.0. The number of halogens is 1. The number of ether oxygens (including phenoxy) is 3. The highest BCUT2D eigenvalue weighted by atomic mass is 19.1. The molecule has 0 saturated carbocycles. The van der Waals surface area contributed by atoms with Crippen molar-refractivity contribution in [3.8, 4) is 17.6 Å². The van der Waals surface area contributed by atoms with Gasteiger partial charge in [0.1, 0.15) is 35.6 Å². The summed E-state index contributed by atoms with van der Waals surface area (Å²) in [6.07, 6.45) is 0.777. The molecular formula is C26H24FN3O6. The minimum Gasteiger partial charge on any atom is -0.496 e. The molecule has 0 bridgehead atoms. The van der Waals surface area contributed by atoms with Gasteiger partial charge in [0, 0.05) is 36.1 Å². The summed E-state index contributed by atoms with van der Waals surface area (Å²) in [4.78, 5) is 23.8. The number of nitro groups is 1. The fourth-order valence-corrected chi connectivity index (χ4v) is 4.62. The highest BCUT2D eigenvalue weighted by Crippen LogP contribution is 2.48. The summed E-state index contributed by atoms with van der Waals surface area (Å²) in [7, 11) is 1.45. The molecular weight excluding hydrogens is 469 g/mol. The first-order chi connectivity index (χ1) is 17.0. The van der Waals surface area contributed by atoms with Gasteiger partial charge in [-0.15, -0.1) is 0 Å². The van der Waals surface area contributed by atoms with Crippen molar-refractivity contribution in [3.05, 3.63) is 86.2 Å². The molecule has 1 atom stereocenters. The molecule has 4 rings (SSSR count). The van der Waals surface area contributed by atoms with E-state index in [9.17, 15) is 24.6 Å². The van der Waals surface area contributed by atoms with E-state index in [0.29, 0.717) is 41.1 Å². The molecule has 2 aliphatic rings. The van der Waals surface area contributed by atoms with Gasteiger partial charge in [0.25, 0.3) is 0 Å². The standard InChI is InChI=1S/C26H24FN3O6/c1-26(2)10-19(31)24-22(11-26)36-25(29)17(12-28)23(24)14-4-7-20(34-3)15(8-14)13-35-21-9-16(27)5-6-18(21)30(32)33/h4-9,23H,10-11,13,29H2,1-3H3/t23-/m0/s1. The average molecular weight is 493 g/mol. The van der Waals surface area contributed by atoms with Crippen LogP contribution in [0.25, 0.3) is 0 Å². The molecule has 1 aliphatic carbocycles. The summed E-state index contributed by atoms with van der Waals surface area (Å²) in [5.41, 5.74) is 6.93. The number of nitrogens with zero attached hydrogens (tertiary/aromatic N) is 2. The van der Waals surface area contributed by atoms with Crippen molar-refractivity contribution in [1.29, 1.82) is 5.26 Å². The molecule has 0 unspecified atom stereocenters. The maximum Gasteiger partial charge on any atom is 0.311 e. The van der Waals surface area contributed by atoms with Crippen molar-refractivity contribution in [3.63, 3.8) is 0 Å². The van der Waals surface area contributed by atoms with Crippen molar-refractivity contribution < 1.29 is 28.3 Å². The molecule has 0 amide bonds. The van der Waals surface area contributed by atoms with Gasteiger partial charge < -0.3 is 19.9 Å². The van der Waals surface area contributed by atoms with E-state index in [4.69, 9.17) is 19.9 Å². The molecule has 186 valence electrons. The van der Waals surface area contributed by atoms with Crippen LogP contribution in [0.3, 0.4) is 0 Å². The van der Waals surface area contributed by atoms with E-state index in [1.807, 2.05) is 13.8 Å². The first-order valence-corrected chi connectivity index (χ1v) is 11.1. The molecule has 2 aromatic carbocycles. The van der Waals surface area contributed by atoms with E-state index in [1.54, 1.807) is 18.2 Å². The zero-order valence-electron chi connectivity index (χ0n) is 20.0. The molecule has 2 N–H and O–H groups in total. The molecule has 2 aromatic rings. The monoisotopic (exact) mass is 493 g/mol. The smallest absolute Gasteiger partial charge is 0.311 e. The van der Waals surface area contributed by atoms with Crippen LogP contribution in [-0.4, -0.2) is 17.8 Å². The van der Waals surface area contributed by atoms with E-state index in [1.165, 1.54) is 7.11 Å². The molecule has 9 nitrogen and oxygen atoms in total. The Balaban J connectivity index is 1.76. The second-order valence-corrected chi connectivity index (χ2v) is 9.43. The highest BCUT2D eigenvalue weighted by Gasteiger charge is 2.43. The Morgan fingerprint density at radius 1 is 1.25 bits per heavy atom. The number of hydrogen-bond donors (Lipinski definition) is 1. The van der Waals surface area contributed by atoms with Gasteiger partial charge in [-0.1, -0.05) is 19.9 Å². The second-order valence-electron chi connectivity index (χ2n) is 9.43. The Kier molecular flexibility index (Phi) is 6.41. The molecule has 0 saturated heterocycles. The van der Waals surface area contributed by atoms with Crippen LogP contribution in [0.5, 0.6) is 11.5 Å². The third kappa shape index (κ3) is 4.60. The molecule has 0 fully saturated rings. The van der Waals surface area contributed by atoms with Crippen molar-refractivity contribution in [2.24, 2.45) is 11.1 Å². The van der Waals surface area contributed by atoms with E-state index in [-0.39, 0.29) is 40.7 Å². The third-order valence-electron chi connectivity index (χ3n) is 6.21. The second kappa shape index (κ2) is 9.34. The van der Waals surface area contributed by atoms with Crippen LogP contribution in [0.1, 0.15) is 43.7 Å². The number of ketones is 1. The van der Waals surface area contributed by atoms with Gasteiger partial charge in [-0.2, -0.15) is 5.26 Å². The average Bonchev–Trinajstić information content (AvgIpc) is 2.80. The first-order valence-electron chi connectivity index (χ1n) is 11.1. The number of methoxy groups -OCH3 is 1. The van der Waals surface area contributed by atoms with E-state index in [0.717, 1.165) is 18.2 Å². The summed E-state index contributed by atoms with van der Waals surface area (Å²) in [5.74, 6) is -1.01. The lowest BCUT2D eigenvalue weighted by molar-refractivity contribution is -0.386. The lowest BCUT2D eigenvalue weighted by Gasteiger charge is -2.37. The Hall–Kier alpha value is -4.39. The molecule has 1 aliphatic heterocycles.